The predicted molar refractivity (Wildman–Crippen MR) is 137 cm³/mol. The molecule has 0 fully saturated rings. The number of halogens is 2. The number of rotatable bonds is 5. The zero-order chi connectivity index (χ0) is 24.7. The molecule has 180 valence electrons. The lowest BCUT2D eigenvalue weighted by Crippen LogP contribution is -2.36. The number of Topliss-reactive ketones (excluding diaryl/α,β-unsaturated/α-hetero) is 2. The number of nitro groups is 1. The summed E-state index contributed by atoms with van der Waals surface area (Å²) in [7, 11) is 0. The molecule has 7 nitrogen and oxygen atoms in total. The summed E-state index contributed by atoms with van der Waals surface area (Å²) in [5.41, 5.74) is 5.00. The molecular formula is C26H22Br2N2O5. The van der Waals surface area contributed by atoms with Crippen molar-refractivity contribution in [2.75, 3.05) is 0 Å². The maximum atomic E-state index is 13.0. The smallest absolute Gasteiger partial charge is 0.269 e. The highest BCUT2D eigenvalue weighted by Crippen LogP contribution is 2.47. The number of allylic oxidation sites excluding steroid dienone is 4. The van der Waals surface area contributed by atoms with Crippen LogP contribution < -0.4 is 10.1 Å². The van der Waals surface area contributed by atoms with Gasteiger partial charge in [-0.1, -0.05) is 0 Å². The Bertz CT molecular complexity index is 1250. The molecule has 0 bridgehead atoms. The Morgan fingerprint density at radius 3 is 1.97 bits per heavy atom. The summed E-state index contributed by atoms with van der Waals surface area (Å²) in [4.78, 5) is 36.5. The molecule has 9 heteroatoms. The summed E-state index contributed by atoms with van der Waals surface area (Å²) in [6.45, 7) is 0.226. The van der Waals surface area contributed by atoms with E-state index in [1.54, 1.807) is 12.1 Å². The minimum Gasteiger partial charge on any atom is -0.487 e. The van der Waals surface area contributed by atoms with Crippen molar-refractivity contribution < 1.29 is 19.2 Å². The van der Waals surface area contributed by atoms with E-state index in [9.17, 15) is 19.7 Å². The molecule has 1 heterocycles. The summed E-state index contributed by atoms with van der Waals surface area (Å²) >= 11 is 7.23. The second kappa shape index (κ2) is 9.70. The van der Waals surface area contributed by atoms with Crippen LogP contribution in [0.3, 0.4) is 0 Å². The summed E-state index contributed by atoms with van der Waals surface area (Å²) in [6, 6.07) is 10.1. The molecule has 0 unspecified atom stereocenters. The highest BCUT2D eigenvalue weighted by atomic mass is 79.9. The van der Waals surface area contributed by atoms with Gasteiger partial charge in [0.05, 0.1) is 13.9 Å². The summed E-state index contributed by atoms with van der Waals surface area (Å²) in [6.07, 6.45) is 4.23. The molecule has 0 saturated heterocycles. The van der Waals surface area contributed by atoms with Gasteiger partial charge in [0.25, 0.3) is 5.69 Å². The van der Waals surface area contributed by atoms with Crippen LogP contribution in [0.15, 0.2) is 67.9 Å². The Balaban J connectivity index is 1.48. The summed E-state index contributed by atoms with van der Waals surface area (Å²) in [5, 5.41) is 14.3. The van der Waals surface area contributed by atoms with Gasteiger partial charge in [0.1, 0.15) is 12.4 Å². The van der Waals surface area contributed by atoms with E-state index in [-0.39, 0.29) is 23.9 Å². The van der Waals surface area contributed by atoms with E-state index in [2.05, 4.69) is 37.2 Å². The van der Waals surface area contributed by atoms with E-state index in [1.807, 2.05) is 12.1 Å². The van der Waals surface area contributed by atoms with E-state index in [1.165, 1.54) is 12.1 Å². The Labute approximate surface area is 219 Å². The van der Waals surface area contributed by atoms with E-state index >= 15 is 0 Å². The molecule has 0 aromatic heterocycles. The van der Waals surface area contributed by atoms with Crippen molar-refractivity contribution in [3.63, 3.8) is 0 Å². The number of ketones is 2. The van der Waals surface area contributed by atoms with Gasteiger partial charge >= 0.3 is 0 Å². The number of nitrogens with zero attached hydrogens (tertiary/aromatic N) is 1. The highest BCUT2D eigenvalue weighted by molar-refractivity contribution is 9.11. The maximum absolute atomic E-state index is 13.0. The number of non-ortho nitro benzene ring substituents is 1. The van der Waals surface area contributed by atoms with Crippen LogP contribution in [-0.4, -0.2) is 16.5 Å². The van der Waals surface area contributed by atoms with Crippen LogP contribution in [0.25, 0.3) is 0 Å². The molecule has 0 radical (unpaired) electrons. The van der Waals surface area contributed by atoms with Crippen molar-refractivity contribution >= 4 is 49.1 Å². The lowest BCUT2D eigenvalue weighted by Gasteiger charge is -2.37. The molecule has 2 aliphatic carbocycles. The van der Waals surface area contributed by atoms with E-state index < -0.39 is 10.8 Å². The Kier molecular flexibility index (Phi) is 6.63. The number of nitro benzene ring substituents is 1. The van der Waals surface area contributed by atoms with Crippen molar-refractivity contribution in [2.24, 2.45) is 0 Å². The fourth-order valence-corrected chi connectivity index (χ4v) is 6.52. The third kappa shape index (κ3) is 4.59. The molecule has 0 saturated carbocycles. The SMILES string of the molecule is O=C1CCCC2=C1C(c1cc(Br)c(OCc3ccc([N+](=O)[O-])cc3)c(Br)c1)C1=C(CCCC1=O)N2. The van der Waals surface area contributed by atoms with Crippen LogP contribution in [0.5, 0.6) is 5.75 Å². The number of carbonyl (C=O) groups excluding carboxylic acids is 2. The average molecular weight is 602 g/mol. The van der Waals surface area contributed by atoms with Crippen LogP contribution in [0.2, 0.25) is 0 Å². The fraction of sp³-hybridized carbons (Fsp3) is 0.308. The minimum atomic E-state index is -0.437. The standard InChI is InChI=1S/C26H22Br2N2O5/c27-17-11-15(12-18(28)26(17)35-13-14-7-9-16(10-8-14)30(33)34)23-24-19(3-1-5-21(24)31)29-20-4-2-6-22(32)25(20)23/h7-12,23,29H,1-6,13H2. The zero-order valence-corrected chi connectivity index (χ0v) is 21.9. The van der Waals surface area contributed by atoms with E-state index in [0.717, 1.165) is 48.2 Å². The first-order valence-electron chi connectivity index (χ1n) is 11.5. The number of benzene rings is 2. The summed E-state index contributed by atoms with van der Waals surface area (Å²) < 4.78 is 7.40. The first-order valence-corrected chi connectivity index (χ1v) is 13.1. The second-order valence-corrected chi connectivity index (χ2v) is 10.6. The topological polar surface area (TPSA) is 98.5 Å². The van der Waals surface area contributed by atoms with Crippen molar-refractivity contribution in [1.82, 2.24) is 5.32 Å². The van der Waals surface area contributed by atoms with Crippen molar-refractivity contribution in [2.45, 2.75) is 51.0 Å². The number of dihydropyridines is 1. The summed E-state index contributed by atoms with van der Waals surface area (Å²) in [5.74, 6) is 0.381. The number of hydrogen-bond donors (Lipinski definition) is 1. The van der Waals surface area contributed by atoms with Crippen LogP contribution >= 0.6 is 31.9 Å². The molecule has 5 rings (SSSR count). The molecule has 0 amide bonds. The molecule has 2 aromatic carbocycles. The quantitative estimate of drug-likeness (QED) is 0.314. The van der Waals surface area contributed by atoms with Crippen molar-refractivity contribution in [3.05, 3.63) is 89.1 Å². The van der Waals surface area contributed by atoms with Gasteiger partial charge in [0, 0.05) is 53.4 Å². The normalized spacial score (nSPS) is 18.2. The molecule has 35 heavy (non-hydrogen) atoms. The monoisotopic (exact) mass is 600 g/mol. The first-order chi connectivity index (χ1) is 16.8. The number of ether oxygens (including phenoxy) is 1. The van der Waals surface area contributed by atoms with Gasteiger partial charge in [0.15, 0.2) is 11.6 Å². The van der Waals surface area contributed by atoms with Crippen LogP contribution in [0, 0.1) is 10.1 Å². The molecule has 3 aliphatic rings. The first kappa shape index (κ1) is 23.9. The van der Waals surface area contributed by atoms with Gasteiger partial charge in [-0.2, -0.15) is 0 Å². The van der Waals surface area contributed by atoms with Gasteiger partial charge in [-0.15, -0.1) is 0 Å². The minimum absolute atomic E-state index is 0.0271. The molecular weight excluding hydrogens is 580 g/mol. The molecule has 1 aliphatic heterocycles. The molecule has 0 spiro atoms. The van der Waals surface area contributed by atoms with Gasteiger partial charge in [-0.05, 0) is 92.9 Å². The third-order valence-corrected chi connectivity index (χ3v) is 7.85. The lowest BCUT2D eigenvalue weighted by atomic mass is 9.71. The molecule has 0 atom stereocenters. The molecule has 2 aromatic rings. The van der Waals surface area contributed by atoms with Gasteiger partial charge in [-0.25, -0.2) is 0 Å². The maximum Gasteiger partial charge on any atom is 0.269 e. The van der Waals surface area contributed by atoms with Crippen LogP contribution in [-0.2, 0) is 16.2 Å². The largest absolute Gasteiger partial charge is 0.487 e. The Morgan fingerprint density at radius 2 is 1.46 bits per heavy atom. The van der Waals surface area contributed by atoms with Crippen molar-refractivity contribution in [3.8, 4) is 5.75 Å². The highest BCUT2D eigenvalue weighted by Gasteiger charge is 2.40. The van der Waals surface area contributed by atoms with Gasteiger partial charge < -0.3 is 10.1 Å². The van der Waals surface area contributed by atoms with Gasteiger partial charge in [-0.3, -0.25) is 19.7 Å². The van der Waals surface area contributed by atoms with E-state index in [4.69, 9.17) is 4.74 Å². The van der Waals surface area contributed by atoms with Crippen molar-refractivity contribution in [1.29, 1.82) is 0 Å². The Hall–Kier alpha value is -2.78. The number of hydrogen-bond acceptors (Lipinski definition) is 6. The second-order valence-electron chi connectivity index (χ2n) is 8.92. The zero-order valence-electron chi connectivity index (χ0n) is 18.7. The Morgan fingerprint density at radius 1 is 0.914 bits per heavy atom. The average Bonchev–Trinajstić information content (AvgIpc) is 2.83. The van der Waals surface area contributed by atoms with Gasteiger partial charge in [0.2, 0.25) is 0 Å². The van der Waals surface area contributed by atoms with Crippen LogP contribution in [0.4, 0.5) is 5.69 Å². The third-order valence-electron chi connectivity index (χ3n) is 6.68. The number of nitrogens with one attached hydrogen (secondary N) is 1. The lowest BCUT2D eigenvalue weighted by molar-refractivity contribution is -0.384. The predicted octanol–water partition coefficient (Wildman–Crippen LogP) is 6.40. The number of carbonyl (C=O) groups is 2. The van der Waals surface area contributed by atoms with Crippen LogP contribution in [0.1, 0.15) is 55.6 Å². The molecule has 1 N–H and O–H groups in total. The fourth-order valence-electron chi connectivity index (χ4n) is 5.07. The van der Waals surface area contributed by atoms with E-state index in [0.29, 0.717) is 38.7 Å².